The van der Waals surface area contributed by atoms with Crippen LogP contribution in [0, 0.1) is 0 Å². The Balaban J connectivity index is 1.23. The van der Waals surface area contributed by atoms with Gasteiger partial charge in [0.15, 0.2) is 5.58 Å². The summed E-state index contributed by atoms with van der Waals surface area (Å²) in [6.07, 6.45) is 0. The van der Waals surface area contributed by atoms with Gasteiger partial charge in [0.25, 0.3) is 0 Å². The molecule has 0 saturated heterocycles. The van der Waals surface area contributed by atoms with Crippen molar-refractivity contribution >= 4 is 81.3 Å². The van der Waals surface area contributed by atoms with Gasteiger partial charge in [-0.1, -0.05) is 133 Å². The van der Waals surface area contributed by atoms with Crippen molar-refractivity contribution in [3.05, 3.63) is 176 Å². The second-order valence-corrected chi connectivity index (χ2v) is 13.6. The first kappa shape index (κ1) is 27.9. The first-order valence-corrected chi connectivity index (χ1v) is 17.4. The maximum Gasteiger partial charge on any atom is 0.159 e. The molecule has 8 aromatic carbocycles. The van der Waals surface area contributed by atoms with E-state index in [1.165, 1.54) is 42.1 Å². The fourth-order valence-electron chi connectivity index (χ4n) is 7.35. The summed E-state index contributed by atoms with van der Waals surface area (Å²) in [5.41, 5.74) is 9.61. The molecule has 0 amide bonds. The molecule has 0 fully saturated rings. The number of anilines is 3. The second kappa shape index (κ2) is 11.2. The van der Waals surface area contributed by atoms with Crippen molar-refractivity contribution in [1.82, 2.24) is 0 Å². The number of fused-ring (bicyclic) bond motifs is 7. The first-order chi connectivity index (χ1) is 24.3. The Morgan fingerprint density at radius 2 is 1.04 bits per heavy atom. The van der Waals surface area contributed by atoms with Crippen LogP contribution in [0.15, 0.2) is 180 Å². The van der Waals surface area contributed by atoms with Crippen LogP contribution < -0.4 is 4.90 Å². The summed E-state index contributed by atoms with van der Waals surface area (Å²) >= 11 is 1.84. The molecule has 2 nitrogen and oxygen atoms in total. The van der Waals surface area contributed by atoms with E-state index in [0.717, 1.165) is 50.1 Å². The van der Waals surface area contributed by atoms with Crippen molar-refractivity contribution in [3.63, 3.8) is 0 Å². The van der Waals surface area contributed by atoms with E-state index in [1.54, 1.807) is 0 Å². The summed E-state index contributed by atoms with van der Waals surface area (Å²) in [6, 6.07) is 63.1. The molecule has 0 aliphatic carbocycles. The summed E-state index contributed by atoms with van der Waals surface area (Å²) < 4.78 is 9.59. The van der Waals surface area contributed by atoms with Crippen LogP contribution in [0.3, 0.4) is 0 Å². The van der Waals surface area contributed by atoms with Gasteiger partial charge in [-0.25, -0.2) is 0 Å². The summed E-state index contributed by atoms with van der Waals surface area (Å²) in [7, 11) is 0. The van der Waals surface area contributed by atoms with Crippen molar-refractivity contribution in [2.75, 3.05) is 4.90 Å². The van der Waals surface area contributed by atoms with Crippen LogP contribution in [0.4, 0.5) is 17.1 Å². The third-order valence-corrected chi connectivity index (χ3v) is 10.8. The number of hydrogen-bond donors (Lipinski definition) is 0. The molecular weight excluding hydrogens is 615 g/mol. The van der Waals surface area contributed by atoms with E-state index >= 15 is 0 Å². The molecule has 0 radical (unpaired) electrons. The average Bonchev–Trinajstić information content (AvgIpc) is 3.75. The number of thiophene rings is 1. The summed E-state index contributed by atoms with van der Waals surface area (Å²) in [6.45, 7) is 0. The predicted molar refractivity (Wildman–Crippen MR) is 210 cm³/mol. The molecule has 0 saturated carbocycles. The zero-order valence-corrected chi connectivity index (χ0v) is 27.3. The molecule has 0 unspecified atom stereocenters. The SMILES string of the molecule is c1ccc(-c2ccc(N(c3cccc4c3oc3c(-c5ccc6ccccc6c5)cccc34)c3cccc4sc5ccccc5c34)cc2)cc1. The molecule has 2 heterocycles. The minimum atomic E-state index is 0.870. The van der Waals surface area contributed by atoms with Gasteiger partial charge < -0.3 is 9.32 Å². The maximum atomic E-state index is 7.04. The van der Waals surface area contributed by atoms with Crippen LogP contribution in [0.1, 0.15) is 0 Å². The smallest absolute Gasteiger partial charge is 0.159 e. The van der Waals surface area contributed by atoms with E-state index in [4.69, 9.17) is 4.42 Å². The van der Waals surface area contributed by atoms with Crippen LogP contribution in [-0.4, -0.2) is 0 Å². The number of rotatable bonds is 5. The van der Waals surface area contributed by atoms with Crippen molar-refractivity contribution in [2.24, 2.45) is 0 Å². The van der Waals surface area contributed by atoms with Gasteiger partial charge in [-0.2, -0.15) is 0 Å². The number of benzene rings is 8. The molecule has 10 rings (SSSR count). The Bertz CT molecular complexity index is 2830. The van der Waals surface area contributed by atoms with Crippen LogP contribution in [0.25, 0.3) is 75.1 Å². The molecule has 0 spiro atoms. The normalized spacial score (nSPS) is 11.7. The Labute approximate surface area is 287 Å². The second-order valence-electron chi connectivity index (χ2n) is 12.5. The number of furan rings is 1. The lowest BCUT2D eigenvalue weighted by Crippen LogP contribution is -2.10. The van der Waals surface area contributed by atoms with E-state index in [2.05, 4.69) is 181 Å². The minimum Gasteiger partial charge on any atom is -0.453 e. The van der Waals surface area contributed by atoms with E-state index < -0.39 is 0 Å². The third-order valence-electron chi connectivity index (χ3n) is 9.66. The van der Waals surface area contributed by atoms with E-state index in [-0.39, 0.29) is 0 Å². The van der Waals surface area contributed by atoms with Crippen LogP contribution >= 0.6 is 11.3 Å². The van der Waals surface area contributed by atoms with Gasteiger partial charge >= 0.3 is 0 Å². The minimum absolute atomic E-state index is 0.870. The Kier molecular flexibility index (Phi) is 6.39. The van der Waals surface area contributed by atoms with E-state index in [0.29, 0.717) is 0 Å². The lowest BCUT2D eigenvalue weighted by Gasteiger charge is -2.26. The Hall–Kier alpha value is -6.16. The molecule has 230 valence electrons. The number of hydrogen-bond acceptors (Lipinski definition) is 3. The quantitative estimate of drug-likeness (QED) is 0.186. The van der Waals surface area contributed by atoms with Crippen molar-refractivity contribution in [3.8, 4) is 22.3 Å². The lowest BCUT2D eigenvalue weighted by atomic mass is 9.99. The monoisotopic (exact) mass is 643 g/mol. The summed E-state index contributed by atoms with van der Waals surface area (Å²) in [5, 5.41) is 7.17. The van der Waals surface area contributed by atoms with Crippen LogP contribution in [0.5, 0.6) is 0 Å². The van der Waals surface area contributed by atoms with Crippen LogP contribution in [-0.2, 0) is 0 Å². The molecule has 49 heavy (non-hydrogen) atoms. The van der Waals surface area contributed by atoms with Gasteiger partial charge in [0.2, 0.25) is 0 Å². The lowest BCUT2D eigenvalue weighted by molar-refractivity contribution is 0.670. The molecule has 2 aromatic heterocycles. The van der Waals surface area contributed by atoms with Gasteiger partial charge in [0, 0.05) is 42.2 Å². The van der Waals surface area contributed by atoms with Crippen molar-refractivity contribution in [1.29, 1.82) is 0 Å². The Morgan fingerprint density at radius 1 is 0.408 bits per heavy atom. The van der Waals surface area contributed by atoms with Gasteiger partial charge in [-0.3, -0.25) is 0 Å². The highest BCUT2D eigenvalue weighted by molar-refractivity contribution is 7.26. The van der Waals surface area contributed by atoms with Gasteiger partial charge in [-0.05, 0) is 69.9 Å². The summed E-state index contributed by atoms with van der Waals surface area (Å²) in [4.78, 5) is 2.39. The highest BCUT2D eigenvalue weighted by Gasteiger charge is 2.23. The first-order valence-electron chi connectivity index (χ1n) is 16.6. The molecule has 0 aliphatic rings. The van der Waals surface area contributed by atoms with Crippen LogP contribution in [0.2, 0.25) is 0 Å². The van der Waals surface area contributed by atoms with E-state index in [9.17, 15) is 0 Å². The topological polar surface area (TPSA) is 16.4 Å². The number of nitrogens with zero attached hydrogens (tertiary/aromatic N) is 1. The maximum absolute atomic E-state index is 7.04. The highest BCUT2D eigenvalue weighted by Crippen LogP contribution is 2.48. The fourth-order valence-corrected chi connectivity index (χ4v) is 8.48. The number of para-hydroxylation sites is 2. The van der Waals surface area contributed by atoms with Gasteiger partial charge in [0.05, 0.1) is 11.4 Å². The zero-order valence-electron chi connectivity index (χ0n) is 26.5. The van der Waals surface area contributed by atoms with Gasteiger partial charge in [0.1, 0.15) is 5.58 Å². The fraction of sp³-hybridized carbons (Fsp3) is 0. The average molecular weight is 644 g/mol. The molecule has 0 atom stereocenters. The zero-order chi connectivity index (χ0) is 32.3. The molecular formula is C46H29NOS. The molecule has 0 aliphatic heterocycles. The molecule has 0 bridgehead atoms. The highest BCUT2D eigenvalue weighted by atomic mass is 32.1. The predicted octanol–water partition coefficient (Wildman–Crippen LogP) is 13.9. The van der Waals surface area contributed by atoms with Gasteiger partial charge in [-0.15, -0.1) is 11.3 Å². The largest absolute Gasteiger partial charge is 0.453 e. The Morgan fingerprint density at radius 3 is 1.92 bits per heavy atom. The molecule has 10 aromatic rings. The molecule has 3 heteroatoms. The van der Waals surface area contributed by atoms with Crippen molar-refractivity contribution in [2.45, 2.75) is 0 Å². The molecule has 0 N–H and O–H groups in total. The third kappa shape index (κ3) is 4.55. The van der Waals surface area contributed by atoms with Crippen molar-refractivity contribution < 1.29 is 4.42 Å². The standard InChI is InChI=1S/C46H29NOS/c1-2-11-30(12-3-1)32-25-27-35(28-26-32)47(40-19-10-22-43-44(40)39-15-6-7-21-42(39)49-43)41-20-9-18-38-37-17-8-16-36(45(37)48-46(38)41)34-24-23-31-13-4-5-14-33(31)29-34/h1-29H. The van der Waals surface area contributed by atoms with E-state index in [1.807, 2.05) is 11.3 Å². The summed E-state index contributed by atoms with van der Waals surface area (Å²) in [5.74, 6) is 0.